The van der Waals surface area contributed by atoms with Crippen molar-refractivity contribution < 1.29 is 8.42 Å². The van der Waals surface area contributed by atoms with E-state index in [1.807, 2.05) is 0 Å². The van der Waals surface area contributed by atoms with Crippen molar-refractivity contribution in [2.24, 2.45) is 0 Å². The minimum absolute atomic E-state index is 0.294. The smallest absolute Gasteiger partial charge is 0.250 e. The van der Waals surface area contributed by atoms with Gasteiger partial charge in [-0.15, -0.1) is 11.3 Å². The van der Waals surface area contributed by atoms with Crippen molar-refractivity contribution in [2.45, 2.75) is 29.9 Å². The van der Waals surface area contributed by atoms with Crippen LogP contribution in [0, 0.1) is 0 Å². The van der Waals surface area contributed by atoms with Crippen LogP contribution in [0.25, 0.3) is 0 Å². The number of hydrogen-bond acceptors (Lipinski definition) is 5. The van der Waals surface area contributed by atoms with Crippen molar-refractivity contribution in [3.8, 4) is 0 Å². The molecule has 0 saturated carbocycles. The number of hydrogen-bond donors (Lipinski definition) is 2. The van der Waals surface area contributed by atoms with Crippen LogP contribution in [-0.2, 0) is 10.0 Å². The van der Waals surface area contributed by atoms with E-state index < -0.39 is 10.0 Å². The second-order valence-electron chi connectivity index (χ2n) is 4.85. The predicted molar refractivity (Wildman–Crippen MR) is 78.8 cm³/mol. The van der Waals surface area contributed by atoms with Crippen molar-refractivity contribution in [1.82, 2.24) is 9.62 Å². The second-order valence-corrected chi connectivity index (χ2v) is 7.76. The summed E-state index contributed by atoms with van der Waals surface area (Å²) < 4.78 is 26.8. The lowest BCUT2D eigenvalue weighted by Crippen LogP contribution is -2.33. The Hall–Kier alpha value is -0.630. The Bertz CT molecular complexity index is 493. The zero-order valence-corrected chi connectivity index (χ0v) is 12.6. The standard InChI is InChI=1S/C12H21N3O2S2/c13-11-9-12(18-10-11)19(16,17)14-5-4-8-15-6-2-1-3-7-15/h9-10,14H,1-8,13H2. The largest absolute Gasteiger partial charge is 0.398 e. The zero-order chi connectivity index (χ0) is 13.7. The third kappa shape index (κ3) is 4.45. The molecule has 7 heteroatoms. The highest BCUT2D eigenvalue weighted by Gasteiger charge is 2.16. The molecule has 0 bridgehead atoms. The van der Waals surface area contributed by atoms with E-state index in [-0.39, 0.29) is 0 Å². The Kier molecular flexibility index (Phi) is 5.20. The zero-order valence-electron chi connectivity index (χ0n) is 11.0. The van der Waals surface area contributed by atoms with E-state index >= 15 is 0 Å². The van der Waals surface area contributed by atoms with Gasteiger partial charge in [-0.05, 0) is 45.0 Å². The quantitative estimate of drug-likeness (QED) is 0.781. The Morgan fingerprint density at radius 1 is 1.32 bits per heavy atom. The lowest BCUT2D eigenvalue weighted by atomic mass is 10.1. The molecule has 0 amide bonds. The third-order valence-corrected chi connectivity index (χ3v) is 6.17. The molecule has 5 nitrogen and oxygen atoms in total. The Balaban J connectivity index is 1.72. The van der Waals surface area contributed by atoms with Crippen molar-refractivity contribution in [3.63, 3.8) is 0 Å². The molecule has 0 atom stereocenters. The van der Waals surface area contributed by atoms with Gasteiger partial charge in [-0.3, -0.25) is 0 Å². The van der Waals surface area contributed by atoms with Crippen molar-refractivity contribution >= 4 is 27.0 Å². The summed E-state index contributed by atoms with van der Waals surface area (Å²) in [6, 6.07) is 1.50. The van der Waals surface area contributed by atoms with E-state index in [9.17, 15) is 8.42 Å². The first-order chi connectivity index (χ1) is 9.08. The molecule has 1 aliphatic heterocycles. The van der Waals surface area contributed by atoms with E-state index in [0.717, 1.165) is 37.4 Å². The van der Waals surface area contributed by atoms with Crippen LogP contribution in [0.5, 0.6) is 0 Å². The van der Waals surface area contributed by atoms with Crippen LogP contribution >= 0.6 is 11.3 Å². The summed E-state index contributed by atoms with van der Waals surface area (Å²) >= 11 is 1.16. The SMILES string of the molecule is Nc1csc(S(=O)(=O)NCCCN2CCCCC2)c1. The van der Waals surface area contributed by atoms with Gasteiger partial charge in [0.1, 0.15) is 4.21 Å². The van der Waals surface area contributed by atoms with E-state index in [1.54, 1.807) is 5.38 Å². The molecule has 2 rings (SSSR count). The van der Waals surface area contributed by atoms with Crippen LogP contribution in [0.2, 0.25) is 0 Å². The molecule has 108 valence electrons. The van der Waals surface area contributed by atoms with Crippen molar-refractivity contribution in [3.05, 3.63) is 11.4 Å². The first kappa shape index (κ1) is 14.8. The normalized spacial score (nSPS) is 17.7. The number of thiophene rings is 1. The number of nitrogens with two attached hydrogens (primary N) is 1. The maximum absolute atomic E-state index is 11.9. The van der Waals surface area contributed by atoms with Crippen LogP contribution in [0.1, 0.15) is 25.7 Å². The highest BCUT2D eigenvalue weighted by molar-refractivity contribution is 7.91. The number of rotatable bonds is 6. The summed E-state index contributed by atoms with van der Waals surface area (Å²) in [5.41, 5.74) is 6.04. The summed E-state index contributed by atoms with van der Waals surface area (Å²) in [4.78, 5) is 2.40. The number of piperidine rings is 1. The molecular formula is C12H21N3O2S2. The van der Waals surface area contributed by atoms with E-state index in [0.29, 0.717) is 16.4 Å². The molecule has 0 aliphatic carbocycles. The summed E-state index contributed by atoms with van der Waals surface area (Å²) in [6.45, 7) is 3.74. The van der Waals surface area contributed by atoms with Crippen LogP contribution in [0.4, 0.5) is 5.69 Å². The number of nitrogen functional groups attached to an aromatic ring is 1. The highest BCUT2D eigenvalue weighted by Crippen LogP contribution is 2.21. The fraction of sp³-hybridized carbons (Fsp3) is 0.667. The number of likely N-dealkylation sites (tertiary alicyclic amines) is 1. The monoisotopic (exact) mass is 303 g/mol. The molecule has 0 radical (unpaired) electrons. The Labute approximate surface area is 118 Å². The molecule has 1 aromatic rings. The molecule has 2 heterocycles. The van der Waals surface area contributed by atoms with Crippen LogP contribution in [-0.4, -0.2) is 39.5 Å². The maximum Gasteiger partial charge on any atom is 0.250 e. The van der Waals surface area contributed by atoms with E-state index in [1.165, 1.54) is 25.3 Å². The molecule has 19 heavy (non-hydrogen) atoms. The summed E-state index contributed by atoms with van der Waals surface area (Å²) in [7, 11) is -3.37. The fourth-order valence-corrected chi connectivity index (χ4v) is 4.43. The molecule has 3 N–H and O–H groups in total. The molecule has 1 aromatic heterocycles. The average Bonchev–Trinajstić information content (AvgIpc) is 2.84. The first-order valence-electron chi connectivity index (χ1n) is 6.64. The van der Waals surface area contributed by atoms with Gasteiger partial charge in [-0.1, -0.05) is 6.42 Å². The minimum Gasteiger partial charge on any atom is -0.398 e. The molecule has 0 spiro atoms. The molecule has 1 saturated heterocycles. The van der Waals surface area contributed by atoms with Crippen molar-refractivity contribution in [2.75, 3.05) is 31.9 Å². The summed E-state index contributed by atoms with van der Waals surface area (Å²) in [6.07, 6.45) is 4.70. The minimum atomic E-state index is -3.37. The summed E-state index contributed by atoms with van der Waals surface area (Å²) in [5, 5.41) is 1.64. The summed E-state index contributed by atoms with van der Waals surface area (Å²) in [5.74, 6) is 0. The van der Waals surface area contributed by atoms with E-state index in [2.05, 4.69) is 9.62 Å². The van der Waals surface area contributed by atoms with Gasteiger partial charge in [0.25, 0.3) is 0 Å². The van der Waals surface area contributed by atoms with Gasteiger partial charge < -0.3 is 10.6 Å². The average molecular weight is 303 g/mol. The molecule has 1 fully saturated rings. The van der Waals surface area contributed by atoms with Gasteiger partial charge >= 0.3 is 0 Å². The fourth-order valence-electron chi connectivity index (χ4n) is 2.23. The van der Waals surface area contributed by atoms with Gasteiger partial charge in [0.15, 0.2) is 0 Å². The van der Waals surface area contributed by atoms with E-state index in [4.69, 9.17) is 5.73 Å². The molecule has 0 aromatic carbocycles. The second kappa shape index (κ2) is 6.69. The topological polar surface area (TPSA) is 75.4 Å². The Morgan fingerprint density at radius 3 is 2.68 bits per heavy atom. The van der Waals surface area contributed by atoms with Crippen LogP contribution in [0.15, 0.2) is 15.7 Å². The maximum atomic E-state index is 11.9. The number of nitrogens with zero attached hydrogens (tertiary/aromatic N) is 1. The highest BCUT2D eigenvalue weighted by atomic mass is 32.2. The van der Waals surface area contributed by atoms with Gasteiger partial charge in [0.05, 0.1) is 0 Å². The van der Waals surface area contributed by atoms with Gasteiger partial charge in [-0.25, -0.2) is 13.1 Å². The lowest BCUT2D eigenvalue weighted by molar-refractivity contribution is 0.227. The lowest BCUT2D eigenvalue weighted by Gasteiger charge is -2.26. The first-order valence-corrected chi connectivity index (χ1v) is 9.00. The van der Waals surface area contributed by atoms with Crippen molar-refractivity contribution in [1.29, 1.82) is 0 Å². The third-order valence-electron chi connectivity index (χ3n) is 3.25. The van der Waals surface area contributed by atoms with Crippen LogP contribution < -0.4 is 10.5 Å². The van der Waals surface area contributed by atoms with Crippen LogP contribution in [0.3, 0.4) is 0 Å². The Morgan fingerprint density at radius 2 is 2.05 bits per heavy atom. The van der Waals surface area contributed by atoms with Gasteiger partial charge in [0, 0.05) is 17.6 Å². The predicted octanol–water partition coefficient (Wildman–Crippen LogP) is 1.48. The number of anilines is 1. The molecule has 0 unspecified atom stereocenters. The number of nitrogens with one attached hydrogen (secondary N) is 1. The molecule has 1 aliphatic rings. The van der Waals surface area contributed by atoms with Gasteiger partial charge in [0.2, 0.25) is 10.0 Å². The van der Waals surface area contributed by atoms with Gasteiger partial charge in [-0.2, -0.15) is 0 Å². The molecular weight excluding hydrogens is 282 g/mol. The number of sulfonamides is 1.